The molecule has 21 heavy (non-hydrogen) atoms. The molecule has 1 heterocycles. The minimum Gasteiger partial charge on any atom is -0.508 e. The largest absolute Gasteiger partial charge is 0.508 e. The lowest BCUT2D eigenvalue weighted by molar-refractivity contribution is 0.476. The van der Waals surface area contributed by atoms with Crippen molar-refractivity contribution in [3.05, 3.63) is 42.5 Å². The number of hydrogen-bond donors (Lipinski definition) is 2. The highest BCUT2D eigenvalue weighted by atomic mass is 127. The maximum atomic E-state index is 9.45. The van der Waals surface area contributed by atoms with Crippen LogP contribution < -0.4 is 5.32 Å². The molecule has 2 radical (unpaired) electrons. The van der Waals surface area contributed by atoms with E-state index in [2.05, 4.69) is 32.3 Å². The van der Waals surface area contributed by atoms with E-state index in [0.717, 1.165) is 26.5 Å². The van der Waals surface area contributed by atoms with Gasteiger partial charge >= 0.3 is 0 Å². The van der Waals surface area contributed by atoms with E-state index in [1.807, 2.05) is 37.4 Å². The van der Waals surface area contributed by atoms with E-state index in [0.29, 0.717) is 6.10 Å². The topological polar surface area (TPSA) is 45.2 Å². The van der Waals surface area contributed by atoms with Gasteiger partial charge in [0, 0.05) is 18.3 Å². The monoisotopic (exact) mass is 426 g/mol. The Morgan fingerprint density at radius 2 is 1.90 bits per heavy atom. The van der Waals surface area contributed by atoms with Crippen LogP contribution >= 0.6 is 39.5 Å². The summed E-state index contributed by atoms with van der Waals surface area (Å²) in [5.74, 6) is 0.281. The number of aromatic nitrogens is 1. The van der Waals surface area contributed by atoms with E-state index in [-0.39, 0.29) is 5.75 Å². The van der Waals surface area contributed by atoms with E-state index in [1.165, 1.54) is 0 Å². The molecule has 2 aromatic carbocycles. The summed E-state index contributed by atoms with van der Waals surface area (Å²) in [7, 11) is 6.76. The Morgan fingerprint density at radius 3 is 2.52 bits per heavy atom. The number of halogens is 1. The molecular weight excluding hydrogens is 413 g/mol. The van der Waals surface area contributed by atoms with Gasteiger partial charge in [0.25, 0.3) is 0 Å². The average molecular weight is 426 g/mol. The zero-order valence-electron chi connectivity index (χ0n) is 11.3. The second-order valence-electron chi connectivity index (χ2n) is 4.11. The van der Waals surface area contributed by atoms with Gasteiger partial charge in [-0.2, -0.15) is 0 Å². The predicted octanol–water partition coefficient (Wildman–Crippen LogP) is 4.81. The molecule has 7 heteroatoms. The summed E-state index contributed by atoms with van der Waals surface area (Å²) in [4.78, 5) is 4.57. The fourth-order valence-corrected chi connectivity index (χ4v) is 2.82. The highest BCUT2D eigenvalue weighted by Crippen LogP contribution is 2.32. The molecule has 106 valence electrons. The first-order valence-electron chi connectivity index (χ1n) is 6.12. The number of phenols is 1. The third kappa shape index (κ3) is 4.31. The zero-order chi connectivity index (χ0) is 15.2. The van der Waals surface area contributed by atoms with Gasteiger partial charge in [-0.25, -0.2) is 4.98 Å². The van der Waals surface area contributed by atoms with E-state index in [9.17, 15) is 5.11 Å². The van der Waals surface area contributed by atoms with Crippen molar-refractivity contribution in [1.82, 2.24) is 4.98 Å². The van der Waals surface area contributed by atoms with Gasteiger partial charge in [0.15, 0.2) is 0 Å². The molecule has 2 N–H and O–H groups in total. The Hall–Kier alpha value is -0.845. The number of anilines is 1. The second kappa shape index (κ2) is 7.96. The van der Waals surface area contributed by atoms with E-state index in [1.54, 1.807) is 23.5 Å². The van der Waals surface area contributed by atoms with Crippen LogP contribution in [-0.4, -0.2) is 24.7 Å². The standard InChI is InChI=1S/C14H12N2OS.BHIP/c1-15-10-4-2-9(3-5-10)14-16-12-7-6-11(17)8-13(12)18-14;1-3-2/h2-8,15,17H,1H3;3H. The summed E-state index contributed by atoms with van der Waals surface area (Å²) < 4.78 is 1.00. The smallest absolute Gasteiger partial charge is 0.124 e. The van der Waals surface area contributed by atoms with Gasteiger partial charge in [-0.05, 0) is 42.5 Å². The number of nitrogens with one attached hydrogen (secondary N) is 1. The molecule has 3 nitrogen and oxygen atoms in total. The summed E-state index contributed by atoms with van der Waals surface area (Å²) in [5, 5.41) is 13.5. The molecule has 0 spiro atoms. The van der Waals surface area contributed by atoms with Gasteiger partial charge in [0.2, 0.25) is 0 Å². The lowest BCUT2D eigenvalue weighted by atomic mass is 10.2. The number of hydrogen-bond acceptors (Lipinski definition) is 4. The van der Waals surface area contributed by atoms with Crippen LogP contribution in [0.1, 0.15) is 0 Å². The summed E-state index contributed by atoms with van der Waals surface area (Å²) >= 11 is 3.68. The molecule has 3 aromatic rings. The maximum Gasteiger partial charge on any atom is 0.124 e. The average Bonchev–Trinajstić information content (AvgIpc) is 2.91. The number of benzene rings is 2. The molecule has 0 aliphatic carbocycles. The highest BCUT2D eigenvalue weighted by molar-refractivity contribution is 14.2. The van der Waals surface area contributed by atoms with Crippen molar-refractivity contribution in [2.24, 2.45) is 0 Å². The van der Waals surface area contributed by atoms with Crippen LogP contribution in [-0.2, 0) is 0 Å². The van der Waals surface area contributed by atoms with Crippen LogP contribution in [0.3, 0.4) is 0 Å². The van der Waals surface area contributed by atoms with Gasteiger partial charge < -0.3 is 10.4 Å². The summed E-state index contributed by atoms with van der Waals surface area (Å²) in [5.41, 5.74) is 3.10. The predicted molar refractivity (Wildman–Crippen MR) is 104 cm³/mol. The number of phenolic OH excluding ortho intramolecular Hbond substituents is 1. The second-order valence-corrected chi connectivity index (χ2v) is 7.22. The molecule has 1 aromatic heterocycles. The minimum absolute atomic E-state index is 0.281. The van der Waals surface area contributed by atoms with Crippen LogP contribution in [0.15, 0.2) is 42.5 Å². The molecular formula is C14H13BIN2OPS. The van der Waals surface area contributed by atoms with Crippen molar-refractivity contribution < 1.29 is 5.11 Å². The van der Waals surface area contributed by atoms with E-state index in [4.69, 9.17) is 7.57 Å². The van der Waals surface area contributed by atoms with Crippen LogP contribution in [0.2, 0.25) is 0 Å². The van der Waals surface area contributed by atoms with Gasteiger partial charge in [0.05, 0.1) is 10.2 Å². The van der Waals surface area contributed by atoms with Gasteiger partial charge in [-0.3, -0.25) is 0 Å². The van der Waals surface area contributed by atoms with E-state index >= 15 is 0 Å². The molecule has 1 atom stereocenters. The van der Waals surface area contributed by atoms with Gasteiger partial charge in [-0.15, -0.1) is 17.4 Å². The highest BCUT2D eigenvalue weighted by Gasteiger charge is 2.06. The first-order valence-corrected chi connectivity index (χ1v) is 11.1. The number of rotatable bonds is 2. The molecule has 0 saturated carbocycles. The number of aromatic hydroxyl groups is 1. The van der Waals surface area contributed by atoms with Crippen molar-refractivity contribution in [1.29, 1.82) is 0 Å². The third-order valence-corrected chi connectivity index (χ3v) is 3.86. The van der Waals surface area contributed by atoms with Crippen molar-refractivity contribution >= 4 is 62.9 Å². The summed E-state index contributed by atoms with van der Waals surface area (Å²) in [6, 6.07) is 13.4. The Bertz CT molecular complexity index is 721. The molecule has 1 unspecified atom stereocenters. The van der Waals surface area contributed by atoms with E-state index < -0.39 is 0 Å². The fraction of sp³-hybridized carbons (Fsp3) is 0.0714. The van der Waals surface area contributed by atoms with Crippen LogP contribution in [0.4, 0.5) is 5.69 Å². The number of fused-ring (bicyclic) bond motifs is 1. The van der Waals surface area contributed by atoms with Crippen molar-refractivity contribution in [3.63, 3.8) is 0 Å². The molecule has 0 fully saturated rings. The quantitative estimate of drug-likeness (QED) is 0.352. The van der Waals surface area contributed by atoms with Crippen molar-refractivity contribution in [2.45, 2.75) is 0 Å². The Morgan fingerprint density at radius 1 is 1.24 bits per heavy atom. The van der Waals surface area contributed by atoms with Crippen LogP contribution in [0.5, 0.6) is 5.75 Å². The molecule has 0 aliphatic rings. The first-order chi connectivity index (χ1) is 10.2. The summed E-state index contributed by atoms with van der Waals surface area (Å²) in [6.45, 7) is 0. The van der Waals surface area contributed by atoms with Crippen LogP contribution in [0.25, 0.3) is 20.8 Å². The first kappa shape index (κ1) is 16.5. The fourth-order valence-electron chi connectivity index (χ4n) is 1.82. The molecule has 0 amide bonds. The number of thiazole rings is 1. The maximum absolute atomic E-state index is 9.45. The van der Waals surface area contributed by atoms with Crippen molar-refractivity contribution in [2.75, 3.05) is 12.4 Å². The SMILES string of the molecule is CNc1ccc(-c2nc3ccc(O)cc3s2)cc1.[B]PI. The minimum atomic E-state index is 0.281. The lowest BCUT2D eigenvalue weighted by Crippen LogP contribution is -1.86. The molecule has 0 bridgehead atoms. The molecule has 0 aliphatic heterocycles. The van der Waals surface area contributed by atoms with Gasteiger partial charge in [0.1, 0.15) is 18.3 Å². The van der Waals surface area contributed by atoms with Crippen molar-refractivity contribution in [3.8, 4) is 16.3 Å². The molecule has 0 saturated heterocycles. The Balaban J connectivity index is 0.000000497. The van der Waals surface area contributed by atoms with Gasteiger partial charge in [-0.1, -0.05) is 22.0 Å². The lowest BCUT2D eigenvalue weighted by Gasteiger charge is -2.00. The Kier molecular flexibility index (Phi) is 6.27. The normalized spacial score (nSPS) is 10.6. The zero-order valence-corrected chi connectivity index (χ0v) is 15.3. The number of nitrogens with zero attached hydrogens (tertiary/aromatic N) is 1. The Labute approximate surface area is 143 Å². The van der Waals surface area contributed by atoms with Crippen LogP contribution in [0, 0.1) is 0 Å². The molecule has 3 rings (SSSR count). The summed E-state index contributed by atoms with van der Waals surface area (Å²) in [6.07, 6.45) is 0.553. The third-order valence-electron chi connectivity index (χ3n) is 2.79.